The van der Waals surface area contributed by atoms with E-state index in [0.29, 0.717) is 24.2 Å². The molecule has 0 aromatic heterocycles. The van der Waals surface area contributed by atoms with E-state index in [0.717, 1.165) is 0 Å². The molecular weight excluding hydrogens is 223 g/mol. The van der Waals surface area contributed by atoms with E-state index in [2.05, 4.69) is 5.32 Å². The Morgan fingerprint density at radius 3 is 3.00 bits per heavy atom. The maximum Gasteiger partial charge on any atom is 0.220 e. The summed E-state index contributed by atoms with van der Waals surface area (Å²) in [6, 6.07) is 3.68. The number of nitrogens with two attached hydrogens (primary N) is 1. The molecule has 92 valence electrons. The van der Waals surface area contributed by atoms with Gasteiger partial charge in [0, 0.05) is 18.0 Å². The summed E-state index contributed by atoms with van der Waals surface area (Å²) in [6.07, 6.45) is 0.955. The molecule has 2 rings (SSSR count). The Labute approximate surface area is 98.9 Å². The van der Waals surface area contributed by atoms with Crippen LogP contribution in [0.5, 0.6) is 5.75 Å². The third-order valence-corrected chi connectivity index (χ3v) is 2.99. The van der Waals surface area contributed by atoms with Crippen molar-refractivity contribution < 1.29 is 13.9 Å². The Hall–Kier alpha value is -1.62. The van der Waals surface area contributed by atoms with E-state index in [9.17, 15) is 9.18 Å². The Balaban J connectivity index is 2.34. The molecule has 4 nitrogen and oxygen atoms in total. The number of piperidine rings is 1. The van der Waals surface area contributed by atoms with Crippen LogP contribution in [0.1, 0.15) is 24.4 Å². The standard InChI is InChI=1S/C12H15FN2O2/c1-17-7-2-3-9(13)8(6-7)12-10(14)4-5-11(16)15-12/h2-3,6,10,12H,4-5,14H2,1H3,(H,15,16). The second-order valence-electron chi connectivity index (χ2n) is 4.14. The van der Waals surface area contributed by atoms with E-state index >= 15 is 0 Å². The maximum atomic E-state index is 13.7. The molecule has 1 fully saturated rings. The predicted octanol–water partition coefficient (Wildman–Crippen LogP) is 1.11. The van der Waals surface area contributed by atoms with Gasteiger partial charge in [-0.3, -0.25) is 4.79 Å². The molecule has 1 heterocycles. The van der Waals surface area contributed by atoms with E-state index in [1.165, 1.54) is 19.2 Å². The molecule has 0 spiro atoms. The smallest absolute Gasteiger partial charge is 0.220 e. The Bertz CT molecular complexity index is 437. The summed E-state index contributed by atoms with van der Waals surface area (Å²) in [4.78, 5) is 11.3. The summed E-state index contributed by atoms with van der Waals surface area (Å²) >= 11 is 0. The third kappa shape index (κ3) is 2.39. The lowest BCUT2D eigenvalue weighted by molar-refractivity contribution is -0.123. The van der Waals surface area contributed by atoms with Crippen LogP contribution in [-0.2, 0) is 4.79 Å². The number of halogens is 1. The zero-order valence-electron chi connectivity index (χ0n) is 9.57. The number of methoxy groups -OCH3 is 1. The second kappa shape index (κ2) is 4.71. The SMILES string of the molecule is COc1ccc(F)c(C2NC(=O)CCC2N)c1. The molecule has 0 aliphatic carbocycles. The number of hydrogen-bond donors (Lipinski definition) is 2. The Morgan fingerprint density at radius 1 is 1.53 bits per heavy atom. The van der Waals surface area contributed by atoms with Gasteiger partial charge in [-0.1, -0.05) is 0 Å². The topological polar surface area (TPSA) is 64.3 Å². The van der Waals surface area contributed by atoms with Gasteiger partial charge in [0.2, 0.25) is 5.91 Å². The number of carbonyl (C=O) groups excluding carboxylic acids is 1. The third-order valence-electron chi connectivity index (χ3n) is 2.99. The molecule has 1 aliphatic rings. The van der Waals surface area contributed by atoms with Gasteiger partial charge in [0.15, 0.2) is 0 Å². The van der Waals surface area contributed by atoms with Crippen LogP contribution in [0.25, 0.3) is 0 Å². The van der Waals surface area contributed by atoms with E-state index < -0.39 is 6.04 Å². The molecule has 0 bridgehead atoms. The predicted molar refractivity (Wildman–Crippen MR) is 61.0 cm³/mol. The molecule has 0 saturated carbocycles. The van der Waals surface area contributed by atoms with Gasteiger partial charge in [0.05, 0.1) is 13.2 Å². The second-order valence-corrected chi connectivity index (χ2v) is 4.14. The minimum Gasteiger partial charge on any atom is -0.497 e. The zero-order chi connectivity index (χ0) is 12.4. The van der Waals surface area contributed by atoms with Gasteiger partial charge >= 0.3 is 0 Å². The Morgan fingerprint density at radius 2 is 2.29 bits per heavy atom. The van der Waals surface area contributed by atoms with Gasteiger partial charge in [-0.05, 0) is 24.6 Å². The Kier molecular flexibility index (Phi) is 3.28. The van der Waals surface area contributed by atoms with Crippen molar-refractivity contribution in [3.63, 3.8) is 0 Å². The quantitative estimate of drug-likeness (QED) is 0.811. The van der Waals surface area contributed by atoms with Crippen molar-refractivity contribution in [1.29, 1.82) is 0 Å². The fourth-order valence-corrected chi connectivity index (χ4v) is 2.01. The highest BCUT2D eigenvalue weighted by molar-refractivity contribution is 5.77. The highest BCUT2D eigenvalue weighted by atomic mass is 19.1. The van der Waals surface area contributed by atoms with Gasteiger partial charge in [-0.2, -0.15) is 0 Å². The number of ether oxygens (including phenoxy) is 1. The van der Waals surface area contributed by atoms with Crippen molar-refractivity contribution in [2.75, 3.05) is 7.11 Å². The first kappa shape index (κ1) is 11.9. The lowest BCUT2D eigenvalue weighted by atomic mass is 9.92. The van der Waals surface area contributed by atoms with Crippen LogP contribution in [0.15, 0.2) is 18.2 Å². The summed E-state index contributed by atoms with van der Waals surface area (Å²) in [5.41, 5.74) is 6.29. The average Bonchev–Trinajstić information content (AvgIpc) is 2.33. The fourth-order valence-electron chi connectivity index (χ4n) is 2.01. The molecular formula is C12H15FN2O2. The largest absolute Gasteiger partial charge is 0.497 e. The monoisotopic (exact) mass is 238 g/mol. The zero-order valence-corrected chi connectivity index (χ0v) is 9.57. The summed E-state index contributed by atoms with van der Waals surface area (Å²) in [5.74, 6) is 0.0702. The van der Waals surface area contributed by atoms with Crippen LogP contribution < -0.4 is 15.8 Å². The number of nitrogens with one attached hydrogen (secondary N) is 1. The van der Waals surface area contributed by atoms with Crippen molar-refractivity contribution in [3.8, 4) is 5.75 Å². The first-order chi connectivity index (χ1) is 8.11. The fraction of sp³-hybridized carbons (Fsp3) is 0.417. The first-order valence-electron chi connectivity index (χ1n) is 5.50. The van der Waals surface area contributed by atoms with Gasteiger partial charge < -0.3 is 15.8 Å². The molecule has 1 aromatic rings. The normalized spacial score (nSPS) is 24.3. The van der Waals surface area contributed by atoms with Gasteiger partial charge in [0.25, 0.3) is 0 Å². The molecule has 2 atom stereocenters. The molecule has 1 saturated heterocycles. The minimum absolute atomic E-state index is 0.0982. The number of amides is 1. The van der Waals surface area contributed by atoms with Crippen molar-refractivity contribution >= 4 is 5.91 Å². The highest BCUT2D eigenvalue weighted by Gasteiger charge is 2.29. The van der Waals surface area contributed by atoms with Crippen LogP contribution in [0.3, 0.4) is 0 Å². The van der Waals surface area contributed by atoms with Crippen LogP contribution >= 0.6 is 0 Å². The molecule has 2 unspecified atom stereocenters. The van der Waals surface area contributed by atoms with Crippen molar-refractivity contribution in [2.45, 2.75) is 24.9 Å². The lowest BCUT2D eigenvalue weighted by Gasteiger charge is -2.30. The van der Waals surface area contributed by atoms with Gasteiger partial charge in [-0.25, -0.2) is 4.39 Å². The number of benzene rings is 1. The van der Waals surface area contributed by atoms with Crippen molar-refractivity contribution in [2.24, 2.45) is 5.73 Å². The molecule has 1 amide bonds. The molecule has 5 heteroatoms. The molecule has 3 N–H and O–H groups in total. The highest BCUT2D eigenvalue weighted by Crippen LogP contribution is 2.27. The van der Waals surface area contributed by atoms with Crippen molar-refractivity contribution in [1.82, 2.24) is 5.32 Å². The lowest BCUT2D eigenvalue weighted by Crippen LogP contribution is -2.46. The van der Waals surface area contributed by atoms with Crippen LogP contribution in [0.4, 0.5) is 4.39 Å². The first-order valence-corrected chi connectivity index (χ1v) is 5.50. The summed E-state index contributed by atoms with van der Waals surface area (Å²) in [7, 11) is 1.51. The number of rotatable bonds is 2. The summed E-state index contributed by atoms with van der Waals surface area (Å²) in [6.45, 7) is 0. The summed E-state index contributed by atoms with van der Waals surface area (Å²) in [5, 5.41) is 2.72. The van der Waals surface area contributed by atoms with Crippen LogP contribution in [-0.4, -0.2) is 19.1 Å². The minimum atomic E-state index is -0.480. The van der Waals surface area contributed by atoms with E-state index in [-0.39, 0.29) is 17.8 Å². The summed E-state index contributed by atoms with van der Waals surface area (Å²) < 4.78 is 18.8. The molecule has 1 aliphatic heterocycles. The maximum absolute atomic E-state index is 13.7. The number of carbonyl (C=O) groups is 1. The van der Waals surface area contributed by atoms with Crippen molar-refractivity contribution in [3.05, 3.63) is 29.6 Å². The molecule has 17 heavy (non-hydrogen) atoms. The van der Waals surface area contributed by atoms with Gasteiger partial charge in [-0.15, -0.1) is 0 Å². The average molecular weight is 238 g/mol. The van der Waals surface area contributed by atoms with Crippen LogP contribution in [0, 0.1) is 5.82 Å². The van der Waals surface area contributed by atoms with Crippen LogP contribution in [0.2, 0.25) is 0 Å². The number of hydrogen-bond acceptors (Lipinski definition) is 3. The molecule has 1 aromatic carbocycles. The van der Waals surface area contributed by atoms with Gasteiger partial charge in [0.1, 0.15) is 11.6 Å². The van der Waals surface area contributed by atoms with E-state index in [1.54, 1.807) is 6.07 Å². The van der Waals surface area contributed by atoms with E-state index in [4.69, 9.17) is 10.5 Å². The molecule has 0 radical (unpaired) electrons. The van der Waals surface area contributed by atoms with E-state index in [1.807, 2.05) is 0 Å².